The highest BCUT2D eigenvalue weighted by atomic mass is 32.1. The van der Waals surface area contributed by atoms with Crippen molar-refractivity contribution in [3.05, 3.63) is 27.5 Å². The van der Waals surface area contributed by atoms with E-state index in [2.05, 4.69) is 53.7 Å². The van der Waals surface area contributed by atoms with Crippen LogP contribution in [0.3, 0.4) is 0 Å². The van der Waals surface area contributed by atoms with Crippen molar-refractivity contribution in [1.82, 2.24) is 0 Å². The third-order valence-corrected chi connectivity index (χ3v) is 11.3. The molecule has 0 spiro atoms. The largest absolute Gasteiger partial charge is 0.480 e. The minimum absolute atomic E-state index is 0.192. The van der Waals surface area contributed by atoms with E-state index >= 15 is 0 Å². The lowest BCUT2D eigenvalue weighted by Gasteiger charge is -2.47. The van der Waals surface area contributed by atoms with Crippen molar-refractivity contribution < 1.29 is 4.74 Å². The fourth-order valence-corrected chi connectivity index (χ4v) is 8.91. The van der Waals surface area contributed by atoms with Crippen LogP contribution in [0.25, 0.3) is 9.75 Å². The first-order valence-electron chi connectivity index (χ1n) is 16.3. The molecule has 0 saturated carbocycles. The third kappa shape index (κ3) is 8.35. The van der Waals surface area contributed by atoms with Crippen molar-refractivity contribution in [3.63, 3.8) is 0 Å². The van der Waals surface area contributed by atoms with Crippen LogP contribution in [0, 0.1) is 25.7 Å². The second-order valence-electron chi connectivity index (χ2n) is 12.4. The molecule has 2 aromatic heterocycles. The van der Waals surface area contributed by atoms with Crippen LogP contribution in [0.15, 0.2) is 12.1 Å². The lowest BCUT2D eigenvalue weighted by Crippen LogP contribution is -2.47. The van der Waals surface area contributed by atoms with Gasteiger partial charge in [0.1, 0.15) is 11.4 Å². The van der Waals surface area contributed by atoms with Crippen LogP contribution in [0.1, 0.15) is 159 Å². The molecule has 0 aromatic carbocycles. The molecule has 3 rings (SSSR count). The first-order valence-corrected chi connectivity index (χ1v) is 18.0. The Morgan fingerprint density at radius 3 is 1.53 bits per heavy atom. The fraction of sp³-hybridized carbons (Fsp3) is 0.771. The Morgan fingerprint density at radius 2 is 1.03 bits per heavy atom. The highest BCUT2D eigenvalue weighted by molar-refractivity contribution is 7.22. The summed E-state index contributed by atoms with van der Waals surface area (Å²) >= 11 is 3.92. The molecular formula is C35H58OS2. The maximum Gasteiger partial charge on any atom is 0.141 e. The van der Waals surface area contributed by atoms with Crippen molar-refractivity contribution in [1.29, 1.82) is 0 Å². The van der Waals surface area contributed by atoms with Gasteiger partial charge in [0, 0.05) is 27.2 Å². The van der Waals surface area contributed by atoms with Gasteiger partial charge >= 0.3 is 0 Å². The maximum absolute atomic E-state index is 7.27. The molecule has 0 aliphatic carbocycles. The van der Waals surface area contributed by atoms with Crippen LogP contribution < -0.4 is 4.74 Å². The summed E-state index contributed by atoms with van der Waals surface area (Å²) in [7, 11) is 0. The number of hydrogen-bond donors (Lipinski definition) is 0. The minimum atomic E-state index is -0.192. The van der Waals surface area contributed by atoms with E-state index < -0.39 is 0 Å². The molecular weight excluding hydrogens is 501 g/mol. The van der Waals surface area contributed by atoms with E-state index in [9.17, 15) is 0 Å². The quantitative estimate of drug-likeness (QED) is 0.147. The van der Waals surface area contributed by atoms with Gasteiger partial charge in [0.25, 0.3) is 0 Å². The zero-order valence-electron chi connectivity index (χ0n) is 25.8. The molecule has 2 atom stereocenters. The van der Waals surface area contributed by atoms with Crippen LogP contribution in [-0.4, -0.2) is 0 Å². The van der Waals surface area contributed by atoms with Gasteiger partial charge in [0.15, 0.2) is 0 Å². The molecule has 0 radical (unpaired) electrons. The van der Waals surface area contributed by atoms with Crippen molar-refractivity contribution in [2.75, 3.05) is 0 Å². The Kier molecular flexibility index (Phi) is 13.7. The Morgan fingerprint density at radius 1 is 0.605 bits per heavy atom. The van der Waals surface area contributed by atoms with Gasteiger partial charge in [-0.15, -0.1) is 22.7 Å². The van der Waals surface area contributed by atoms with Gasteiger partial charge in [0.05, 0.1) is 9.75 Å². The van der Waals surface area contributed by atoms with Crippen molar-refractivity contribution in [3.8, 4) is 15.5 Å². The molecule has 0 saturated heterocycles. The molecule has 2 unspecified atom stereocenters. The number of unbranched alkanes of at least 4 members (excludes halogenated alkanes) is 14. The molecule has 3 heteroatoms. The Labute approximate surface area is 244 Å². The molecule has 0 N–H and O–H groups in total. The summed E-state index contributed by atoms with van der Waals surface area (Å²) < 4.78 is 7.27. The lowest BCUT2D eigenvalue weighted by molar-refractivity contribution is -0.0482. The predicted molar refractivity (Wildman–Crippen MR) is 172 cm³/mol. The van der Waals surface area contributed by atoms with E-state index in [4.69, 9.17) is 4.74 Å². The number of ether oxygens (including phenoxy) is 1. The highest BCUT2D eigenvalue weighted by Crippen LogP contribution is 2.58. The van der Waals surface area contributed by atoms with E-state index in [0.29, 0.717) is 11.8 Å². The Hall–Kier alpha value is -0.800. The highest BCUT2D eigenvalue weighted by Gasteiger charge is 2.50. The number of aryl methyl sites for hydroxylation is 2. The summed E-state index contributed by atoms with van der Waals surface area (Å²) in [5.74, 6) is 2.20. The average Bonchev–Trinajstić information content (AvgIpc) is 3.47. The van der Waals surface area contributed by atoms with Crippen LogP contribution in [0.5, 0.6) is 5.75 Å². The monoisotopic (exact) mass is 558 g/mol. The molecule has 0 amide bonds. The number of rotatable bonds is 20. The molecule has 0 bridgehead atoms. The molecule has 1 aliphatic rings. The number of fused-ring (bicyclic) bond motifs is 3. The van der Waals surface area contributed by atoms with Gasteiger partial charge in [-0.1, -0.05) is 130 Å². The van der Waals surface area contributed by atoms with E-state index in [1.54, 1.807) is 0 Å². The third-order valence-electron chi connectivity index (χ3n) is 9.03. The van der Waals surface area contributed by atoms with Crippen molar-refractivity contribution >= 4 is 22.7 Å². The van der Waals surface area contributed by atoms with Gasteiger partial charge in [-0.3, -0.25) is 0 Å². The maximum atomic E-state index is 7.27. The topological polar surface area (TPSA) is 9.23 Å². The Bertz CT molecular complexity index is 897. The summed E-state index contributed by atoms with van der Waals surface area (Å²) in [5.41, 5.74) is 1.32. The second kappa shape index (κ2) is 16.5. The zero-order chi connectivity index (χ0) is 27.4. The summed E-state index contributed by atoms with van der Waals surface area (Å²) in [6.45, 7) is 14.2. The van der Waals surface area contributed by atoms with Gasteiger partial charge < -0.3 is 4.74 Å². The standard InChI is InChI=1S/C35H58OS2/c1-7-9-11-13-15-17-19-21-23-27(3)35(28(4)24-22-20-18-16-14-12-10-8-2)31-25-29(5)37-33(31)34-32(36-35)26-30(6)38-34/h25-28H,7-24H2,1-6H3. The zero-order valence-corrected chi connectivity index (χ0v) is 27.4. The normalized spacial score (nSPS) is 18.2. The molecule has 2 aromatic rings. The number of thiophene rings is 2. The van der Waals surface area contributed by atoms with Crippen LogP contribution in [-0.2, 0) is 5.60 Å². The minimum Gasteiger partial charge on any atom is -0.480 e. The van der Waals surface area contributed by atoms with Crippen LogP contribution in [0.4, 0.5) is 0 Å². The fourth-order valence-electron chi connectivity index (χ4n) is 6.75. The van der Waals surface area contributed by atoms with Crippen LogP contribution in [0.2, 0.25) is 0 Å². The molecule has 0 fully saturated rings. The molecule has 38 heavy (non-hydrogen) atoms. The van der Waals surface area contributed by atoms with Gasteiger partial charge in [0.2, 0.25) is 0 Å². The SMILES string of the molecule is CCCCCCCCCCC(C)C1(C(C)CCCCCCCCCC)Oc2cc(C)sc2-c2sc(C)cc21. The van der Waals surface area contributed by atoms with Crippen LogP contribution >= 0.6 is 22.7 Å². The van der Waals surface area contributed by atoms with Crippen molar-refractivity contribution in [2.24, 2.45) is 11.8 Å². The summed E-state index contributed by atoms with van der Waals surface area (Å²) in [4.78, 5) is 5.69. The number of hydrogen-bond acceptors (Lipinski definition) is 3. The van der Waals surface area contributed by atoms with E-state index in [-0.39, 0.29) is 5.60 Å². The lowest BCUT2D eigenvalue weighted by atomic mass is 9.69. The summed E-state index contributed by atoms with van der Waals surface area (Å²) in [6, 6.07) is 4.81. The molecule has 3 heterocycles. The van der Waals surface area contributed by atoms with E-state index in [0.717, 1.165) is 5.75 Å². The predicted octanol–water partition coefficient (Wildman–Crippen LogP) is 13.0. The smallest absolute Gasteiger partial charge is 0.141 e. The Balaban J connectivity index is 1.68. The second-order valence-corrected chi connectivity index (χ2v) is 14.9. The van der Waals surface area contributed by atoms with Gasteiger partial charge in [-0.2, -0.15) is 0 Å². The van der Waals surface area contributed by atoms with Gasteiger partial charge in [-0.05, 0) is 38.8 Å². The summed E-state index contributed by atoms with van der Waals surface area (Å²) in [6.07, 6.45) is 24.7. The molecule has 1 aliphatic heterocycles. The van der Waals surface area contributed by atoms with E-state index in [1.165, 1.54) is 141 Å². The molecule has 216 valence electrons. The molecule has 1 nitrogen and oxygen atoms in total. The van der Waals surface area contributed by atoms with E-state index in [1.807, 2.05) is 22.7 Å². The van der Waals surface area contributed by atoms with Crippen molar-refractivity contribution in [2.45, 2.75) is 163 Å². The average molecular weight is 559 g/mol. The first-order chi connectivity index (χ1) is 18.4. The van der Waals surface area contributed by atoms with Gasteiger partial charge in [-0.25, -0.2) is 0 Å². The summed E-state index contributed by atoms with van der Waals surface area (Å²) in [5, 5.41) is 0. The first kappa shape index (κ1) is 31.7.